The Bertz CT molecular complexity index is 916. The highest BCUT2D eigenvalue weighted by atomic mass is 79.9. The number of likely N-dealkylation sites (tertiary alicyclic amines) is 1. The number of carbonyl (C=O) groups excluding carboxylic acids is 1. The molecular weight excluding hydrogens is 454 g/mol. The molecule has 1 amide bonds. The van der Waals surface area contributed by atoms with Gasteiger partial charge in [-0.05, 0) is 69.2 Å². The van der Waals surface area contributed by atoms with Gasteiger partial charge in [0.25, 0.3) is 10.0 Å². The van der Waals surface area contributed by atoms with E-state index in [9.17, 15) is 13.2 Å². The van der Waals surface area contributed by atoms with Gasteiger partial charge in [-0.3, -0.25) is 9.10 Å². The molecule has 1 saturated heterocycles. The summed E-state index contributed by atoms with van der Waals surface area (Å²) in [4.78, 5) is 15.1. The zero-order chi connectivity index (χ0) is 20.7. The van der Waals surface area contributed by atoms with Gasteiger partial charge in [-0.2, -0.15) is 0 Å². The van der Waals surface area contributed by atoms with Crippen LogP contribution in [0.4, 0.5) is 5.69 Å². The predicted octanol–water partition coefficient (Wildman–Crippen LogP) is 3.25. The molecule has 0 saturated carbocycles. The van der Waals surface area contributed by atoms with Crippen LogP contribution in [0.3, 0.4) is 0 Å². The maximum absolute atomic E-state index is 13.2. The van der Waals surface area contributed by atoms with Gasteiger partial charge in [0.05, 0.1) is 10.6 Å². The quantitative estimate of drug-likeness (QED) is 0.560. The van der Waals surface area contributed by atoms with Crippen molar-refractivity contribution in [3.8, 4) is 0 Å². The van der Waals surface area contributed by atoms with Crippen LogP contribution >= 0.6 is 15.9 Å². The second-order valence-electron chi connectivity index (χ2n) is 7.06. The third-order valence-electron chi connectivity index (χ3n) is 4.89. The van der Waals surface area contributed by atoms with Crippen LogP contribution in [0.15, 0.2) is 64.0 Å². The summed E-state index contributed by atoms with van der Waals surface area (Å²) in [6.07, 6.45) is 3.34. The molecule has 1 N–H and O–H groups in total. The number of rotatable bonds is 9. The van der Waals surface area contributed by atoms with Crippen LogP contribution < -0.4 is 9.62 Å². The first-order valence-corrected chi connectivity index (χ1v) is 12.0. The van der Waals surface area contributed by atoms with Crippen LogP contribution in [-0.2, 0) is 14.8 Å². The van der Waals surface area contributed by atoms with Crippen LogP contribution in [-0.4, -0.2) is 51.9 Å². The van der Waals surface area contributed by atoms with Gasteiger partial charge < -0.3 is 10.2 Å². The van der Waals surface area contributed by atoms with Crippen molar-refractivity contribution in [1.82, 2.24) is 10.2 Å². The Balaban J connectivity index is 1.69. The summed E-state index contributed by atoms with van der Waals surface area (Å²) in [7, 11) is -3.87. The molecule has 1 aliphatic rings. The third kappa shape index (κ3) is 6.04. The minimum absolute atomic E-state index is 0.154. The van der Waals surface area contributed by atoms with Gasteiger partial charge in [0, 0.05) is 11.0 Å². The molecule has 2 aromatic carbocycles. The maximum atomic E-state index is 13.2. The van der Waals surface area contributed by atoms with Crippen LogP contribution in [0.25, 0.3) is 0 Å². The Morgan fingerprint density at radius 1 is 1.07 bits per heavy atom. The number of hydrogen-bond donors (Lipinski definition) is 1. The van der Waals surface area contributed by atoms with E-state index < -0.39 is 10.0 Å². The second-order valence-corrected chi connectivity index (χ2v) is 9.83. The standard InChI is InChI=1S/C21H26BrN3O3S/c22-18-8-6-9-19(16-18)25(29(27,28)20-10-2-1-3-11-20)17-21(26)23-12-7-15-24-13-4-5-14-24/h1-3,6,8-11,16H,4-5,7,12-15,17H2,(H,23,26). The van der Waals surface area contributed by atoms with E-state index >= 15 is 0 Å². The van der Waals surface area contributed by atoms with Gasteiger partial charge in [0.2, 0.25) is 5.91 Å². The molecule has 0 aliphatic carbocycles. The zero-order valence-corrected chi connectivity index (χ0v) is 18.7. The molecule has 0 spiro atoms. The highest BCUT2D eigenvalue weighted by Crippen LogP contribution is 2.26. The van der Waals surface area contributed by atoms with Crippen LogP contribution in [0.1, 0.15) is 19.3 Å². The van der Waals surface area contributed by atoms with Crippen molar-refractivity contribution in [2.45, 2.75) is 24.2 Å². The fraction of sp³-hybridized carbons (Fsp3) is 0.381. The zero-order valence-electron chi connectivity index (χ0n) is 16.3. The second kappa shape index (κ2) is 10.2. The molecule has 156 valence electrons. The molecule has 1 aliphatic heterocycles. The number of nitrogens with zero attached hydrogens (tertiary/aromatic N) is 2. The van der Waals surface area contributed by atoms with Crippen LogP contribution in [0, 0.1) is 0 Å². The van der Waals surface area contributed by atoms with E-state index in [0.29, 0.717) is 12.2 Å². The van der Waals surface area contributed by atoms with E-state index in [1.165, 1.54) is 25.0 Å². The predicted molar refractivity (Wildman–Crippen MR) is 118 cm³/mol. The monoisotopic (exact) mass is 479 g/mol. The fourth-order valence-corrected chi connectivity index (χ4v) is 5.21. The van der Waals surface area contributed by atoms with E-state index in [2.05, 4.69) is 26.1 Å². The third-order valence-corrected chi connectivity index (χ3v) is 7.17. The minimum atomic E-state index is -3.87. The van der Waals surface area contributed by atoms with E-state index in [-0.39, 0.29) is 17.3 Å². The summed E-state index contributed by atoms with van der Waals surface area (Å²) < 4.78 is 28.3. The molecule has 0 unspecified atom stereocenters. The topological polar surface area (TPSA) is 69.7 Å². The molecule has 2 aromatic rings. The molecule has 1 fully saturated rings. The molecule has 3 rings (SSSR count). The molecule has 8 heteroatoms. The van der Waals surface area contributed by atoms with Gasteiger partial charge in [0.15, 0.2) is 0 Å². The van der Waals surface area contributed by atoms with Gasteiger partial charge >= 0.3 is 0 Å². The number of benzene rings is 2. The average Bonchev–Trinajstić information content (AvgIpc) is 3.23. The average molecular weight is 480 g/mol. The van der Waals surface area contributed by atoms with Crippen molar-refractivity contribution < 1.29 is 13.2 Å². The van der Waals surface area contributed by atoms with Gasteiger partial charge in [-0.15, -0.1) is 0 Å². The number of anilines is 1. The fourth-order valence-electron chi connectivity index (χ4n) is 3.39. The van der Waals surface area contributed by atoms with E-state index in [1.807, 2.05) is 6.07 Å². The normalized spacial score (nSPS) is 14.7. The molecule has 0 radical (unpaired) electrons. The van der Waals surface area contributed by atoms with Crippen molar-refractivity contribution >= 4 is 37.5 Å². The van der Waals surface area contributed by atoms with Crippen LogP contribution in [0.5, 0.6) is 0 Å². The summed E-state index contributed by atoms with van der Waals surface area (Å²) in [6, 6.07) is 15.1. The highest BCUT2D eigenvalue weighted by Gasteiger charge is 2.27. The Morgan fingerprint density at radius 2 is 1.79 bits per heavy atom. The van der Waals surface area contributed by atoms with Crippen molar-refractivity contribution in [2.75, 3.05) is 37.0 Å². The largest absolute Gasteiger partial charge is 0.354 e. The first-order chi connectivity index (χ1) is 14.0. The SMILES string of the molecule is O=C(CN(c1cccc(Br)c1)S(=O)(=O)c1ccccc1)NCCCN1CCCC1. The van der Waals surface area contributed by atoms with Crippen LogP contribution in [0.2, 0.25) is 0 Å². The van der Waals surface area contributed by atoms with Gasteiger partial charge in [0.1, 0.15) is 6.54 Å². The maximum Gasteiger partial charge on any atom is 0.264 e. The Morgan fingerprint density at radius 3 is 2.48 bits per heavy atom. The number of carbonyl (C=O) groups is 1. The molecule has 1 heterocycles. The van der Waals surface area contributed by atoms with Gasteiger partial charge in [-0.25, -0.2) is 8.42 Å². The van der Waals surface area contributed by atoms with Gasteiger partial charge in [-0.1, -0.05) is 40.2 Å². The van der Waals surface area contributed by atoms with Crippen molar-refractivity contribution in [3.05, 3.63) is 59.1 Å². The Hall–Kier alpha value is -1.90. The lowest BCUT2D eigenvalue weighted by atomic mass is 10.3. The Kier molecular flexibility index (Phi) is 7.69. The molecule has 6 nitrogen and oxygen atoms in total. The summed E-state index contributed by atoms with van der Waals surface area (Å²) >= 11 is 3.38. The van der Waals surface area contributed by atoms with Crippen molar-refractivity contribution in [1.29, 1.82) is 0 Å². The number of hydrogen-bond acceptors (Lipinski definition) is 4. The van der Waals surface area contributed by atoms with E-state index in [1.54, 1.807) is 36.4 Å². The first-order valence-electron chi connectivity index (χ1n) is 9.79. The molecule has 0 aromatic heterocycles. The van der Waals surface area contributed by atoms with E-state index in [0.717, 1.165) is 34.8 Å². The summed E-state index contributed by atoms with van der Waals surface area (Å²) in [5.74, 6) is -0.314. The van der Waals surface area contributed by atoms with Crippen molar-refractivity contribution in [2.24, 2.45) is 0 Å². The molecule has 0 bridgehead atoms. The van der Waals surface area contributed by atoms with E-state index in [4.69, 9.17) is 0 Å². The lowest BCUT2D eigenvalue weighted by Crippen LogP contribution is -2.41. The minimum Gasteiger partial charge on any atom is -0.354 e. The summed E-state index contributed by atoms with van der Waals surface area (Å²) in [5.41, 5.74) is 0.440. The number of sulfonamides is 1. The first kappa shape index (κ1) is 21.8. The highest BCUT2D eigenvalue weighted by molar-refractivity contribution is 9.10. The number of nitrogens with one attached hydrogen (secondary N) is 1. The molecular formula is C21H26BrN3O3S. The molecule has 0 atom stereocenters. The summed E-state index contributed by atoms with van der Waals surface area (Å²) in [6.45, 7) is 3.47. The lowest BCUT2D eigenvalue weighted by Gasteiger charge is -2.24. The van der Waals surface area contributed by atoms with Crippen molar-refractivity contribution in [3.63, 3.8) is 0 Å². The number of amides is 1. The molecule has 29 heavy (non-hydrogen) atoms. The Labute approximate surface area is 181 Å². The number of halogens is 1. The summed E-state index contributed by atoms with van der Waals surface area (Å²) in [5, 5.41) is 2.86. The smallest absolute Gasteiger partial charge is 0.264 e. The lowest BCUT2D eigenvalue weighted by molar-refractivity contribution is -0.119.